The molecule has 0 fully saturated rings. The van der Waals surface area contributed by atoms with E-state index in [0.29, 0.717) is 13.1 Å². The molecule has 22 heavy (non-hydrogen) atoms. The Labute approximate surface area is 131 Å². The van der Waals surface area contributed by atoms with E-state index >= 15 is 0 Å². The molecule has 0 saturated carbocycles. The summed E-state index contributed by atoms with van der Waals surface area (Å²) in [4.78, 5) is 8.50. The van der Waals surface area contributed by atoms with Crippen LogP contribution in [-0.2, 0) is 0 Å². The summed E-state index contributed by atoms with van der Waals surface area (Å²) in [6, 6.07) is 8.09. The van der Waals surface area contributed by atoms with Gasteiger partial charge in [0.25, 0.3) is 0 Å². The minimum absolute atomic E-state index is 0.0430. The van der Waals surface area contributed by atoms with Crippen LogP contribution in [0.5, 0.6) is 0 Å². The zero-order chi connectivity index (χ0) is 15.6. The summed E-state index contributed by atoms with van der Waals surface area (Å²) in [6.07, 6.45) is 5.40. The molecule has 118 valence electrons. The maximum absolute atomic E-state index is 5.88. The Bertz CT molecular complexity index is 545. The van der Waals surface area contributed by atoms with E-state index in [1.54, 1.807) is 12.4 Å². The van der Waals surface area contributed by atoms with Crippen LogP contribution in [0.3, 0.4) is 0 Å². The van der Waals surface area contributed by atoms with Gasteiger partial charge in [-0.25, -0.2) is 0 Å². The monoisotopic (exact) mass is 300 g/mol. The molecule has 2 aromatic rings. The molecule has 0 bridgehead atoms. The second-order valence-corrected chi connectivity index (χ2v) is 4.99. The first-order chi connectivity index (χ1) is 10.8. The van der Waals surface area contributed by atoms with Crippen molar-refractivity contribution >= 4 is 0 Å². The van der Waals surface area contributed by atoms with Gasteiger partial charge in [-0.2, -0.15) is 0 Å². The van der Waals surface area contributed by atoms with E-state index in [-0.39, 0.29) is 6.04 Å². The van der Waals surface area contributed by atoms with Crippen LogP contribution in [0.1, 0.15) is 11.7 Å². The van der Waals surface area contributed by atoms with E-state index in [4.69, 9.17) is 11.5 Å². The number of hydrogen-bond donors (Lipinski definition) is 4. The Balaban J connectivity index is 2.00. The molecule has 1 atom stereocenters. The average Bonchev–Trinajstić information content (AvgIpc) is 2.59. The first kappa shape index (κ1) is 16.5. The Morgan fingerprint density at radius 1 is 0.955 bits per heavy atom. The molecule has 0 amide bonds. The lowest BCUT2D eigenvalue weighted by Crippen LogP contribution is -2.35. The minimum Gasteiger partial charge on any atom is -0.329 e. The Hall–Kier alpha value is -1.86. The van der Waals surface area contributed by atoms with E-state index in [2.05, 4.69) is 26.7 Å². The largest absolute Gasteiger partial charge is 0.329 e. The predicted molar refractivity (Wildman–Crippen MR) is 89.2 cm³/mol. The number of nitrogens with two attached hydrogens (primary N) is 2. The van der Waals surface area contributed by atoms with Gasteiger partial charge < -0.3 is 22.1 Å². The van der Waals surface area contributed by atoms with Crippen molar-refractivity contribution in [3.05, 3.63) is 48.5 Å². The van der Waals surface area contributed by atoms with Gasteiger partial charge in [-0.05, 0) is 35.4 Å². The highest BCUT2D eigenvalue weighted by atomic mass is 15.0. The second-order valence-electron chi connectivity index (χ2n) is 4.99. The maximum atomic E-state index is 5.88. The van der Waals surface area contributed by atoms with Crippen LogP contribution in [0.25, 0.3) is 11.1 Å². The third-order valence-corrected chi connectivity index (χ3v) is 3.40. The average molecular weight is 300 g/mol. The number of rotatable bonds is 9. The van der Waals surface area contributed by atoms with Gasteiger partial charge in [0.05, 0.1) is 11.7 Å². The molecule has 0 radical (unpaired) electrons. The molecule has 2 rings (SSSR count). The third-order valence-electron chi connectivity index (χ3n) is 3.40. The molecule has 2 heterocycles. The van der Waals surface area contributed by atoms with Crippen LogP contribution in [-0.4, -0.2) is 42.7 Å². The smallest absolute Gasteiger partial charge is 0.0620 e. The molecular weight excluding hydrogens is 276 g/mol. The second kappa shape index (κ2) is 9.22. The molecule has 1 unspecified atom stereocenters. The fraction of sp³-hybridized carbons (Fsp3) is 0.375. The van der Waals surface area contributed by atoms with E-state index < -0.39 is 0 Å². The van der Waals surface area contributed by atoms with E-state index in [9.17, 15) is 0 Å². The Kier molecular flexibility index (Phi) is 6.92. The van der Waals surface area contributed by atoms with Crippen LogP contribution < -0.4 is 22.1 Å². The zero-order valence-electron chi connectivity index (χ0n) is 12.7. The number of nitrogens with one attached hydrogen (secondary N) is 2. The lowest BCUT2D eigenvalue weighted by Gasteiger charge is -2.17. The molecule has 0 aliphatic rings. The van der Waals surface area contributed by atoms with E-state index in [0.717, 1.165) is 36.5 Å². The number of pyridine rings is 2. The van der Waals surface area contributed by atoms with E-state index in [1.807, 2.05) is 24.4 Å². The van der Waals surface area contributed by atoms with Gasteiger partial charge in [0, 0.05) is 51.3 Å². The first-order valence-electron chi connectivity index (χ1n) is 7.55. The number of aromatic nitrogens is 2. The van der Waals surface area contributed by atoms with Crippen LogP contribution in [0.15, 0.2) is 42.9 Å². The van der Waals surface area contributed by atoms with Gasteiger partial charge in [-0.1, -0.05) is 0 Å². The van der Waals surface area contributed by atoms with Gasteiger partial charge in [-0.3, -0.25) is 9.97 Å². The Morgan fingerprint density at radius 3 is 2.45 bits per heavy atom. The Morgan fingerprint density at radius 2 is 1.73 bits per heavy atom. The first-order valence-corrected chi connectivity index (χ1v) is 7.55. The molecule has 0 aliphatic carbocycles. The van der Waals surface area contributed by atoms with Crippen molar-refractivity contribution in [2.75, 3.05) is 32.7 Å². The highest BCUT2D eigenvalue weighted by Gasteiger charge is 2.11. The summed E-state index contributed by atoms with van der Waals surface area (Å²) in [7, 11) is 0. The van der Waals surface area contributed by atoms with Gasteiger partial charge in [0.1, 0.15) is 0 Å². The lowest BCUT2D eigenvalue weighted by molar-refractivity contribution is 0.515. The van der Waals surface area contributed by atoms with E-state index in [1.165, 1.54) is 0 Å². The van der Waals surface area contributed by atoms with Gasteiger partial charge in [0.15, 0.2) is 0 Å². The predicted octanol–water partition coefficient (Wildman–Crippen LogP) is 0.281. The van der Waals surface area contributed by atoms with Crippen LogP contribution >= 0.6 is 0 Å². The molecule has 2 aromatic heterocycles. The molecule has 6 heteroatoms. The molecule has 0 aliphatic heterocycles. The van der Waals surface area contributed by atoms with Gasteiger partial charge in [-0.15, -0.1) is 0 Å². The van der Waals surface area contributed by atoms with Crippen molar-refractivity contribution in [2.45, 2.75) is 6.04 Å². The molecular formula is C16H24N6. The molecule has 0 aromatic carbocycles. The fourth-order valence-corrected chi connectivity index (χ4v) is 2.23. The van der Waals surface area contributed by atoms with Gasteiger partial charge in [0.2, 0.25) is 0 Å². The summed E-state index contributed by atoms with van der Waals surface area (Å²) >= 11 is 0. The number of hydrogen-bond acceptors (Lipinski definition) is 6. The van der Waals surface area contributed by atoms with Crippen molar-refractivity contribution in [3.63, 3.8) is 0 Å². The number of nitrogens with zero attached hydrogens (tertiary/aromatic N) is 2. The molecule has 6 nitrogen and oxygen atoms in total. The summed E-state index contributed by atoms with van der Waals surface area (Å²) < 4.78 is 0. The van der Waals surface area contributed by atoms with Crippen LogP contribution in [0.4, 0.5) is 0 Å². The van der Waals surface area contributed by atoms with Crippen molar-refractivity contribution in [1.29, 1.82) is 0 Å². The van der Waals surface area contributed by atoms with Crippen LogP contribution in [0.2, 0.25) is 0 Å². The van der Waals surface area contributed by atoms with Crippen molar-refractivity contribution in [1.82, 2.24) is 20.6 Å². The summed E-state index contributed by atoms with van der Waals surface area (Å²) in [6.45, 7) is 3.66. The fourth-order valence-electron chi connectivity index (χ4n) is 2.23. The van der Waals surface area contributed by atoms with Crippen LogP contribution in [0, 0.1) is 0 Å². The quantitative estimate of drug-likeness (QED) is 0.496. The molecule has 0 spiro atoms. The topological polar surface area (TPSA) is 102 Å². The maximum Gasteiger partial charge on any atom is 0.0620 e. The zero-order valence-corrected chi connectivity index (χ0v) is 12.7. The highest BCUT2D eigenvalue weighted by Crippen LogP contribution is 2.20. The minimum atomic E-state index is 0.0430. The lowest BCUT2D eigenvalue weighted by atomic mass is 10.1. The summed E-state index contributed by atoms with van der Waals surface area (Å²) in [5.74, 6) is 0. The van der Waals surface area contributed by atoms with Crippen molar-refractivity contribution < 1.29 is 0 Å². The highest BCUT2D eigenvalue weighted by molar-refractivity contribution is 5.62. The normalized spacial score (nSPS) is 12.3. The van der Waals surface area contributed by atoms with Gasteiger partial charge >= 0.3 is 0 Å². The molecule has 6 N–H and O–H groups in total. The molecule has 0 saturated heterocycles. The van der Waals surface area contributed by atoms with Crippen molar-refractivity contribution in [2.24, 2.45) is 11.5 Å². The SMILES string of the molecule is NCCNCCNC(CN)c1cc(-c2ccncc2)ccn1. The van der Waals surface area contributed by atoms with Crippen molar-refractivity contribution in [3.8, 4) is 11.1 Å². The standard InChI is InChI=1S/C16H24N6/c17-4-8-20-9-10-22-16(12-18)15-11-14(3-7-21-15)13-1-5-19-6-2-13/h1-3,5-7,11,16,20,22H,4,8-10,12,17-18H2. The summed E-state index contributed by atoms with van der Waals surface area (Å²) in [5.41, 5.74) is 14.5. The third kappa shape index (κ3) is 4.85. The summed E-state index contributed by atoms with van der Waals surface area (Å²) in [5, 5.41) is 6.67.